The van der Waals surface area contributed by atoms with Gasteiger partial charge in [0.15, 0.2) is 0 Å². The van der Waals surface area contributed by atoms with Crippen LogP contribution in [0.25, 0.3) is 10.1 Å². The standard InChI is InChI=1S/C28H31N5O3S/c1-4-24(34)32-22-14-19(6-7-20(22)17-9-11-33(3)12-10-17)31-27(35)18-5-8-23-21(13-18)25-26(37-23)28(36)30-16(2)15-29-25/h4-8,13-14,16-17,29H,1,9-12,15H2,2-3H3,(H,30,36)(H,31,35)(H,32,34). The summed E-state index contributed by atoms with van der Waals surface area (Å²) in [5.74, 6) is -0.309. The lowest BCUT2D eigenvalue weighted by atomic mass is 9.88. The molecule has 1 atom stereocenters. The number of hydrogen-bond acceptors (Lipinski definition) is 6. The van der Waals surface area contributed by atoms with Gasteiger partial charge in [-0.2, -0.15) is 0 Å². The lowest BCUT2D eigenvalue weighted by Crippen LogP contribution is -2.34. The first-order chi connectivity index (χ1) is 17.8. The third-order valence-corrected chi connectivity index (χ3v) is 8.20. The molecule has 3 amide bonds. The van der Waals surface area contributed by atoms with Crippen LogP contribution in [0.2, 0.25) is 0 Å². The van der Waals surface area contributed by atoms with Gasteiger partial charge in [-0.05, 0) is 87.8 Å². The first-order valence-corrected chi connectivity index (χ1v) is 13.3. The maximum Gasteiger partial charge on any atom is 0.263 e. The van der Waals surface area contributed by atoms with Gasteiger partial charge in [-0.25, -0.2) is 0 Å². The summed E-state index contributed by atoms with van der Waals surface area (Å²) in [6.45, 7) is 8.14. The summed E-state index contributed by atoms with van der Waals surface area (Å²) in [6, 6.07) is 11.2. The second kappa shape index (κ2) is 10.4. The number of amides is 3. The van der Waals surface area contributed by atoms with E-state index in [9.17, 15) is 14.4 Å². The molecule has 1 saturated heterocycles. The molecule has 5 rings (SSSR count). The van der Waals surface area contributed by atoms with Crippen molar-refractivity contribution < 1.29 is 14.4 Å². The maximum absolute atomic E-state index is 13.2. The molecule has 0 aliphatic carbocycles. The molecule has 2 aliphatic rings. The van der Waals surface area contributed by atoms with Gasteiger partial charge in [-0.15, -0.1) is 11.3 Å². The van der Waals surface area contributed by atoms with Gasteiger partial charge in [0.2, 0.25) is 5.91 Å². The van der Waals surface area contributed by atoms with E-state index in [4.69, 9.17) is 0 Å². The summed E-state index contributed by atoms with van der Waals surface area (Å²) in [5, 5.41) is 13.1. The molecule has 4 N–H and O–H groups in total. The lowest BCUT2D eigenvalue weighted by Gasteiger charge is -2.30. The Morgan fingerprint density at radius 2 is 1.92 bits per heavy atom. The van der Waals surface area contributed by atoms with Crippen LogP contribution in [-0.2, 0) is 4.79 Å². The predicted octanol–water partition coefficient (Wildman–Crippen LogP) is 4.63. The van der Waals surface area contributed by atoms with Gasteiger partial charge < -0.3 is 26.2 Å². The second-order valence-corrected chi connectivity index (χ2v) is 10.9. The number of nitrogens with zero attached hydrogens (tertiary/aromatic N) is 1. The Hall–Kier alpha value is -3.69. The van der Waals surface area contributed by atoms with Crippen molar-refractivity contribution in [3.8, 4) is 0 Å². The second-order valence-electron chi connectivity index (χ2n) is 9.80. The third kappa shape index (κ3) is 5.23. The highest BCUT2D eigenvalue weighted by molar-refractivity contribution is 7.21. The van der Waals surface area contributed by atoms with E-state index in [1.54, 1.807) is 6.07 Å². The molecule has 192 valence electrons. The van der Waals surface area contributed by atoms with Gasteiger partial charge in [0.1, 0.15) is 4.88 Å². The average Bonchev–Trinajstić information content (AvgIpc) is 3.19. The molecule has 1 fully saturated rings. The van der Waals surface area contributed by atoms with E-state index in [0.29, 0.717) is 34.3 Å². The summed E-state index contributed by atoms with van der Waals surface area (Å²) >= 11 is 1.42. The average molecular weight is 518 g/mol. The minimum absolute atomic E-state index is 0.0156. The molecule has 1 aromatic heterocycles. The van der Waals surface area contributed by atoms with Crippen LogP contribution in [0.5, 0.6) is 0 Å². The SMILES string of the molecule is C=CC(=O)Nc1cc(NC(=O)c2ccc3sc4c(c3c2)NCC(C)NC4=O)ccc1C1CCN(C)CC1. The molecule has 1 unspecified atom stereocenters. The minimum Gasteiger partial charge on any atom is -0.381 e. The zero-order chi connectivity index (χ0) is 26.1. The highest BCUT2D eigenvalue weighted by Crippen LogP contribution is 2.38. The zero-order valence-corrected chi connectivity index (χ0v) is 21.8. The first kappa shape index (κ1) is 25.0. The molecular formula is C28H31N5O3S. The van der Waals surface area contributed by atoms with Crippen molar-refractivity contribution in [2.24, 2.45) is 0 Å². The molecule has 3 aromatic rings. The number of fused-ring (bicyclic) bond motifs is 3. The topological polar surface area (TPSA) is 103 Å². The van der Waals surface area contributed by atoms with Gasteiger partial charge in [-0.1, -0.05) is 12.6 Å². The first-order valence-electron chi connectivity index (χ1n) is 12.5. The van der Waals surface area contributed by atoms with E-state index in [-0.39, 0.29) is 23.8 Å². The molecule has 0 spiro atoms. The Kier molecular flexibility index (Phi) is 6.99. The molecule has 0 radical (unpaired) electrons. The summed E-state index contributed by atoms with van der Waals surface area (Å²) in [6.07, 6.45) is 3.27. The van der Waals surface area contributed by atoms with Crippen molar-refractivity contribution in [3.63, 3.8) is 0 Å². The van der Waals surface area contributed by atoms with Gasteiger partial charge in [0, 0.05) is 39.6 Å². The van der Waals surface area contributed by atoms with E-state index in [2.05, 4.69) is 39.8 Å². The number of anilines is 3. The predicted molar refractivity (Wildman–Crippen MR) is 150 cm³/mol. The van der Waals surface area contributed by atoms with Gasteiger partial charge in [0.05, 0.1) is 5.69 Å². The largest absolute Gasteiger partial charge is 0.381 e. The molecule has 0 saturated carbocycles. The number of hydrogen-bond donors (Lipinski definition) is 4. The fraction of sp³-hybridized carbons (Fsp3) is 0.321. The molecule has 8 nitrogen and oxygen atoms in total. The number of rotatable bonds is 5. The van der Waals surface area contributed by atoms with E-state index in [0.717, 1.165) is 47.3 Å². The molecule has 37 heavy (non-hydrogen) atoms. The number of benzene rings is 2. The van der Waals surface area contributed by atoms with Crippen molar-refractivity contribution in [3.05, 3.63) is 65.1 Å². The summed E-state index contributed by atoms with van der Waals surface area (Å²) in [4.78, 5) is 40.9. The molecule has 2 aromatic carbocycles. The minimum atomic E-state index is -0.285. The third-order valence-electron chi connectivity index (χ3n) is 7.03. The highest BCUT2D eigenvalue weighted by atomic mass is 32.1. The van der Waals surface area contributed by atoms with Crippen molar-refractivity contribution in [2.45, 2.75) is 31.7 Å². The number of thiophene rings is 1. The monoisotopic (exact) mass is 517 g/mol. The van der Waals surface area contributed by atoms with Crippen LogP contribution in [-0.4, -0.2) is 55.3 Å². The van der Waals surface area contributed by atoms with Gasteiger partial charge >= 0.3 is 0 Å². The number of piperidine rings is 1. The number of likely N-dealkylation sites (tertiary alicyclic amines) is 1. The fourth-order valence-corrected chi connectivity index (χ4v) is 6.04. The molecular weight excluding hydrogens is 486 g/mol. The fourth-order valence-electron chi connectivity index (χ4n) is 4.97. The maximum atomic E-state index is 13.2. The zero-order valence-electron chi connectivity index (χ0n) is 21.0. The van der Waals surface area contributed by atoms with Crippen molar-refractivity contribution in [1.82, 2.24) is 10.2 Å². The van der Waals surface area contributed by atoms with Crippen molar-refractivity contribution >= 4 is 56.2 Å². The highest BCUT2D eigenvalue weighted by Gasteiger charge is 2.25. The lowest BCUT2D eigenvalue weighted by molar-refractivity contribution is -0.111. The molecule has 3 heterocycles. The molecule has 9 heteroatoms. The number of carbonyl (C=O) groups excluding carboxylic acids is 3. The van der Waals surface area contributed by atoms with E-state index < -0.39 is 0 Å². The van der Waals surface area contributed by atoms with Crippen LogP contribution in [0.4, 0.5) is 17.1 Å². The Balaban J connectivity index is 1.41. The van der Waals surface area contributed by atoms with Crippen LogP contribution in [0, 0.1) is 0 Å². The number of nitrogens with one attached hydrogen (secondary N) is 4. The Morgan fingerprint density at radius 1 is 1.14 bits per heavy atom. The summed E-state index contributed by atoms with van der Waals surface area (Å²) < 4.78 is 0.940. The smallest absolute Gasteiger partial charge is 0.263 e. The van der Waals surface area contributed by atoms with Crippen LogP contribution < -0.4 is 21.3 Å². The quantitative estimate of drug-likeness (QED) is 0.370. The Bertz CT molecular complexity index is 1390. The van der Waals surface area contributed by atoms with E-state index >= 15 is 0 Å². The van der Waals surface area contributed by atoms with E-state index in [1.807, 2.05) is 37.3 Å². The molecule has 2 aliphatic heterocycles. The Morgan fingerprint density at radius 3 is 2.68 bits per heavy atom. The van der Waals surface area contributed by atoms with Crippen LogP contribution in [0.15, 0.2) is 49.1 Å². The number of carbonyl (C=O) groups is 3. The van der Waals surface area contributed by atoms with Crippen molar-refractivity contribution in [2.75, 3.05) is 42.6 Å². The van der Waals surface area contributed by atoms with Crippen LogP contribution in [0.1, 0.15) is 51.3 Å². The van der Waals surface area contributed by atoms with Crippen molar-refractivity contribution in [1.29, 1.82) is 0 Å². The van der Waals surface area contributed by atoms with Gasteiger partial charge in [-0.3, -0.25) is 14.4 Å². The Labute approximate surface area is 220 Å². The van der Waals surface area contributed by atoms with Gasteiger partial charge in [0.25, 0.3) is 11.8 Å². The van der Waals surface area contributed by atoms with Crippen LogP contribution in [0.3, 0.4) is 0 Å². The summed E-state index contributed by atoms with van der Waals surface area (Å²) in [7, 11) is 2.12. The summed E-state index contributed by atoms with van der Waals surface area (Å²) in [5.41, 5.74) is 3.62. The van der Waals surface area contributed by atoms with Crippen LogP contribution >= 0.6 is 11.3 Å². The van der Waals surface area contributed by atoms with E-state index in [1.165, 1.54) is 17.4 Å². The molecule has 0 bridgehead atoms. The normalized spacial score (nSPS) is 18.3.